The highest BCUT2D eigenvalue weighted by Crippen LogP contribution is 1.73. The second kappa shape index (κ2) is 7.22. The maximum absolute atomic E-state index is 3.78. The number of aromatic nitrogens is 1. The molecular weight excluding hydrogens is 136 g/mol. The smallest absolute Gasteiger partial charge is 0.0267 e. The number of pyridine rings is 1. The Bertz CT molecular complexity index is 122. The third-order valence-corrected chi connectivity index (χ3v) is 1.14. The number of nitrogens with one attached hydrogen (secondary N) is 1. The van der Waals surface area contributed by atoms with Crippen LogP contribution in [0.3, 0.4) is 0 Å². The van der Waals surface area contributed by atoms with Gasteiger partial charge in [-0.05, 0) is 19.2 Å². The van der Waals surface area contributed by atoms with Crippen LogP contribution in [-0.2, 0) is 0 Å². The molecule has 1 aromatic rings. The molecule has 11 heavy (non-hydrogen) atoms. The maximum Gasteiger partial charge on any atom is 0.0267 e. The van der Waals surface area contributed by atoms with Crippen molar-refractivity contribution >= 4 is 0 Å². The van der Waals surface area contributed by atoms with Crippen LogP contribution in [0.25, 0.3) is 0 Å². The minimum atomic E-state index is 0.634. The fraction of sp³-hybridized carbons (Fsp3) is 0.444. The van der Waals surface area contributed by atoms with Crippen molar-refractivity contribution in [3.05, 3.63) is 30.6 Å². The molecule has 2 heteroatoms. The zero-order valence-corrected chi connectivity index (χ0v) is 7.41. The van der Waals surface area contributed by atoms with Crippen LogP contribution in [0, 0.1) is 0 Å². The van der Waals surface area contributed by atoms with E-state index in [1.54, 1.807) is 12.4 Å². The summed E-state index contributed by atoms with van der Waals surface area (Å²) in [6.07, 6.45) is 3.50. The Labute approximate surface area is 68.7 Å². The fourth-order valence-corrected chi connectivity index (χ4v) is 0.313. The van der Waals surface area contributed by atoms with E-state index < -0.39 is 0 Å². The van der Waals surface area contributed by atoms with Crippen LogP contribution in [0.4, 0.5) is 0 Å². The molecular formula is C9H16N2. The zero-order chi connectivity index (χ0) is 8.53. The molecule has 0 atom stereocenters. The molecule has 1 rings (SSSR count). The predicted molar refractivity (Wildman–Crippen MR) is 48.4 cm³/mol. The van der Waals surface area contributed by atoms with Crippen LogP contribution in [0.1, 0.15) is 13.8 Å². The van der Waals surface area contributed by atoms with Crippen LogP contribution in [0.5, 0.6) is 0 Å². The third kappa shape index (κ3) is 9.11. The summed E-state index contributed by atoms with van der Waals surface area (Å²) in [6, 6.07) is 6.35. The van der Waals surface area contributed by atoms with Crippen LogP contribution in [0.15, 0.2) is 30.6 Å². The highest BCUT2D eigenvalue weighted by atomic mass is 14.8. The summed E-state index contributed by atoms with van der Waals surface area (Å²) < 4.78 is 0. The Morgan fingerprint density at radius 2 is 1.55 bits per heavy atom. The summed E-state index contributed by atoms with van der Waals surface area (Å²) in [4.78, 5) is 3.78. The minimum absolute atomic E-state index is 0.634. The van der Waals surface area contributed by atoms with Crippen molar-refractivity contribution in [2.45, 2.75) is 19.9 Å². The van der Waals surface area contributed by atoms with Gasteiger partial charge in [-0.1, -0.05) is 19.9 Å². The summed E-state index contributed by atoms with van der Waals surface area (Å²) in [5, 5.41) is 3.03. The molecule has 2 nitrogen and oxygen atoms in total. The minimum Gasteiger partial charge on any atom is -0.318 e. The van der Waals surface area contributed by atoms with Gasteiger partial charge in [0, 0.05) is 18.4 Å². The summed E-state index contributed by atoms with van der Waals surface area (Å²) in [6.45, 7) is 4.22. The van der Waals surface area contributed by atoms with Crippen LogP contribution < -0.4 is 5.32 Å². The molecule has 0 aliphatic heterocycles. The molecule has 0 saturated heterocycles. The van der Waals surface area contributed by atoms with Crippen LogP contribution in [0.2, 0.25) is 0 Å². The van der Waals surface area contributed by atoms with Crippen molar-refractivity contribution in [3.63, 3.8) is 0 Å². The van der Waals surface area contributed by atoms with Crippen LogP contribution >= 0.6 is 0 Å². The Morgan fingerprint density at radius 1 is 1.09 bits per heavy atom. The molecule has 1 aromatic heterocycles. The van der Waals surface area contributed by atoms with Crippen molar-refractivity contribution < 1.29 is 0 Å². The molecule has 1 N–H and O–H groups in total. The average Bonchev–Trinajstić information content (AvgIpc) is 2.09. The molecule has 0 unspecified atom stereocenters. The summed E-state index contributed by atoms with van der Waals surface area (Å²) in [5.74, 6) is 0. The molecule has 0 amide bonds. The van der Waals surface area contributed by atoms with Gasteiger partial charge in [-0.3, -0.25) is 4.98 Å². The summed E-state index contributed by atoms with van der Waals surface area (Å²) in [7, 11) is 1.95. The van der Waals surface area contributed by atoms with Crippen molar-refractivity contribution in [1.29, 1.82) is 0 Å². The largest absolute Gasteiger partial charge is 0.318 e. The SMILES string of the molecule is CNC(C)C.c1ccncc1. The quantitative estimate of drug-likeness (QED) is 0.662. The van der Waals surface area contributed by atoms with E-state index in [9.17, 15) is 0 Å². The van der Waals surface area contributed by atoms with Crippen LogP contribution in [-0.4, -0.2) is 18.1 Å². The van der Waals surface area contributed by atoms with E-state index in [1.807, 2.05) is 25.2 Å². The number of hydrogen-bond acceptors (Lipinski definition) is 2. The zero-order valence-electron chi connectivity index (χ0n) is 7.41. The molecule has 0 aliphatic rings. The molecule has 0 bridgehead atoms. The van der Waals surface area contributed by atoms with Gasteiger partial charge in [0.15, 0.2) is 0 Å². The molecule has 0 aromatic carbocycles. The van der Waals surface area contributed by atoms with Gasteiger partial charge in [0.1, 0.15) is 0 Å². The van der Waals surface area contributed by atoms with Crippen molar-refractivity contribution in [1.82, 2.24) is 10.3 Å². The predicted octanol–water partition coefficient (Wildman–Crippen LogP) is 1.70. The van der Waals surface area contributed by atoms with E-state index in [4.69, 9.17) is 0 Å². The molecule has 0 fully saturated rings. The molecule has 0 spiro atoms. The number of rotatable bonds is 1. The number of hydrogen-bond donors (Lipinski definition) is 1. The van der Waals surface area contributed by atoms with Crippen molar-refractivity contribution in [3.8, 4) is 0 Å². The van der Waals surface area contributed by atoms with E-state index in [0.717, 1.165) is 0 Å². The Balaban J connectivity index is 0.000000187. The average molecular weight is 152 g/mol. The number of nitrogens with zero attached hydrogens (tertiary/aromatic N) is 1. The lowest BCUT2D eigenvalue weighted by atomic mass is 10.4. The Morgan fingerprint density at radius 3 is 1.64 bits per heavy atom. The van der Waals surface area contributed by atoms with E-state index in [2.05, 4.69) is 24.1 Å². The molecule has 62 valence electrons. The molecule has 0 saturated carbocycles. The van der Waals surface area contributed by atoms with Gasteiger partial charge in [0.05, 0.1) is 0 Å². The second-order valence-corrected chi connectivity index (χ2v) is 2.47. The van der Waals surface area contributed by atoms with E-state index in [0.29, 0.717) is 6.04 Å². The first kappa shape index (κ1) is 10.1. The van der Waals surface area contributed by atoms with Gasteiger partial charge < -0.3 is 5.32 Å². The van der Waals surface area contributed by atoms with Gasteiger partial charge in [0.2, 0.25) is 0 Å². The maximum atomic E-state index is 3.78. The summed E-state index contributed by atoms with van der Waals surface area (Å²) >= 11 is 0. The second-order valence-electron chi connectivity index (χ2n) is 2.47. The normalized spacial score (nSPS) is 8.73. The van der Waals surface area contributed by atoms with E-state index in [1.165, 1.54) is 0 Å². The van der Waals surface area contributed by atoms with Gasteiger partial charge in [-0.15, -0.1) is 0 Å². The standard InChI is InChI=1S/C5H5N.C4H11N/c1-2-4-6-5-3-1;1-4(2)5-3/h1-5H;4-5H,1-3H3. The van der Waals surface area contributed by atoms with Crippen molar-refractivity contribution in [2.75, 3.05) is 7.05 Å². The van der Waals surface area contributed by atoms with Gasteiger partial charge in [-0.25, -0.2) is 0 Å². The van der Waals surface area contributed by atoms with Crippen molar-refractivity contribution in [2.24, 2.45) is 0 Å². The highest BCUT2D eigenvalue weighted by molar-refractivity contribution is 4.88. The Kier molecular flexibility index (Phi) is 6.64. The third-order valence-electron chi connectivity index (χ3n) is 1.14. The first-order valence-corrected chi connectivity index (χ1v) is 3.79. The lowest BCUT2D eigenvalue weighted by Gasteiger charge is -1.95. The Hall–Kier alpha value is -0.890. The first-order chi connectivity index (χ1) is 5.27. The summed E-state index contributed by atoms with van der Waals surface area (Å²) in [5.41, 5.74) is 0. The lowest BCUT2D eigenvalue weighted by Crippen LogP contribution is -2.15. The molecule has 1 heterocycles. The molecule has 0 aliphatic carbocycles. The van der Waals surface area contributed by atoms with E-state index in [-0.39, 0.29) is 0 Å². The lowest BCUT2D eigenvalue weighted by molar-refractivity contribution is 0.668. The van der Waals surface area contributed by atoms with Gasteiger partial charge >= 0.3 is 0 Å². The van der Waals surface area contributed by atoms with E-state index >= 15 is 0 Å². The van der Waals surface area contributed by atoms with Gasteiger partial charge in [0.25, 0.3) is 0 Å². The fourth-order valence-electron chi connectivity index (χ4n) is 0.313. The molecule has 0 radical (unpaired) electrons. The monoisotopic (exact) mass is 152 g/mol. The topological polar surface area (TPSA) is 24.9 Å². The van der Waals surface area contributed by atoms with Gasteiger partial charge in [-0.2, -0.15) is 0 Å². The first-order valence-electron chi connectivity index (χ1n) is 3.79. The highest BCUT2D eigenvalue weighted by Gasteiger charge is 1.76.